The van der Waals surface area contributed by atoms with Gasteiger partial charge in [-0.05, 0) is 24.1 Å². The summed E-state index contributed by atoms with van der Waals surface area (Å²) in [6.07, 6.45) is 1.18. The Morgan fingerprint density at radius 1 is 1.09 bits per heavy atom. The van der Waals surface area contributed by atoms with Gasteiger partial charge in [-0.1, -0.05) is 49.4 Å². The zero-order valence-electron chi connectivity index (χ0n) is 13.3. The van der Waals surface area contributed by atoms with Crippen molar-refractivity contribution in [3.05, 3.63) is 65.7 Å². The summed E-state index contributed by atoms with van der Waals surface area (Å²) < 4.78 is 0. The van der Waals surface area contributed by atoms with E-state index in [1.807, 2.05) is 49.4 Å². The summed E-state index contributed by atoms with van der Waals surface area (Å²) in [4.78, 5) is 15.0. The Hall–Kier alpha value is -2.60. The number of fused-ring (bicyclic) bond motifs is 1. The summed E-state index contributed by atoms with van der Waals surface area (Å²) in [5.41, 5.74) is 3.00. The molecule has 3 rings (SSSR count). The number of carbonyl (C=O) groups is 1. The van der Waals surface area contributed by atoms with E-state index < -0.39 is 0 Å². The van der Waals surface area contributed by atoms with E-state index in [0.29, 0.717) is 12.8 Å². The number of hydrogen-bond acceptors (Lipinski definition) is 3. The fourth-order valence-corrected chi connectivity index (χ4v) is 3.40. The monoisotopic (exact) mass is 304 g/mol. The van der Waals surface area contributed by atoms with Gasteiger partial charge in [-0.15, -0.1) is 0 Å². The maximum Gasteiger partial charge on any atom is 0.169 e. The Balaban J connectivity index is 2.01. The molecule has 3 heteroatoms. The molecule has 0 saturated heterocycles. The molecule has 116 valence electrons. The van der Waals surface area contributed by atoms with Crippen LogP contribution in [0, 0.1) is 17.2 Å². The van der Waals surface area contributed by atoms with E-state index in [9.17, 15) is 4.79 Å². The van der Waals surface area contributed by atoms with E-state index in [0.717, 1.165) is 17.8 Å². The van der Waals surface area contributed by atoms with Gasteiger partial charge >= 0.3 is 0 Å². The van der Waals surface area contributed by atoms with Crippen LogP contribution in [0.5, 0.6) is 0 Å². The van der Waals surface area contributed by atoms with Gasteiger partial charge in [0.25, 0.3) is 0 Å². The Kier molecular flexibility index (Phi) is 4.43. The van der Waals surface area contributed by atoms with Crippen molar-refractivity contribution in [1.82, 2.24) is 0 Å². The van der Waals surface area contributed by atoms with Crippen LogP contribution in [0.4, 0.5) is 5.69 Å². The minimum Gasteiger partial charge on any atom is -0.363 e. The van der Waals surface area contributed by atoms with E-state index in [4.69, 9.17) is 5.26 Å². The van der Waals surface area contributed by atoms with Gasteiger partial charge in [0.05, 0.1) is 6.07 Å². The van der Waals surface area contributed by atoms with E-state index in [1.165, 1.54) is 5.56 Å². The average Bonchev–Trinajstić information content (AvgIpc) is 2.60. The van der Waals surface area contributed by atoms with Crippen LogP contribution in [0.3, 0.4) is 0 Å². The van der Waals surface area contributed by atoms with Crippen molar-refractivity contribution in [2.24, 2.45) is 5.92 Å². The molecule has 0 N–H and O–H groups in total. The van der Waals surface area contributed by atoms with Gasteiger partial charge in [0.15, 0.2) is 5.78 Å². The molecule has 0 spiro atoms. The molecule has 0 radical (unpaired) electrons. The summed E-state index contributed by atoms with van der Waals surface area (Å²) in [5, 5.41) is 8.97. The number of benzene rings is 2. The third-order valence-electron chi connectivity index (χ3n) is 4.62. The third-order valence-corrected chi connectivity index (χ3v) is 4.62. The predicted octanol–water partition coefficient (Wildman–Crippen LogP) is 4.20. The molecule has 1 aliphatic rings. The van der Waals surface area contributed by atoms with Gasteiger partial charge in [0.2, 0.25) is 0 Å². The largest absolute Gasteiger partial charge is 0.363 e. The molecule has 1 heterocycles. The molecule has 0 aliphatic carbocycles. The number of para-hydroxylation sites is 1. The first-order valence-corrected chi connectivity index (χ1v) is 8.03. The molecule has 2 atom stereocenters. The second kappa shape index (κ2) is 6.66. The number of ketones is 1. The molecule has 1 aliphatic heterocycles. The van der Waals surface area contributed by atoms with Crippen molar-refractivity contribution in [3.8, 4) is 6.07 Å². The lowest BCUT2D eigenvalue weighted by molar-refractivity contribution is 0.0896. The minimum absolute atomic E-state index is 0.0669. The molecular weight excluding hydrogens is 284 g/mol. The van der Waals surface area contributed by atoms with Gasteiger partial charge in [-0.3, -0.25) is 4.79 Å². The zero-order chi connectivity index (χ0) is 16.2. The summed E-state index contributed by atoms with van der Waals surface area (Å²) in [6, 6.07) is 20.4. The first kappa shape index (κ1) is 15.3. The highest BCUT2D eigenvalue weighted by Crippen LogP contribution is 2.36. The Labute approximate surface area is 137 Å². The van der Waals surface area contributed by atoms with Crippen molar-refractivity contribution in [2.45, 2.75) is 32.4 Å². The van der Waals surface area contributed by atoms with Gasteiger partial charge in [-0.2, -0.15) is 5.26 Å². The van der Waals surface area contributed by atoms with E-state index in [2.05, 4.69) is 23.1 Å². The molecule has 3 nitrogen and oxygen atoms in total. The molecule has 0 bridgehead atoms. The first-order valence-electron chi connectivity index (χ1n) is 8.03. The molecule has 0 unspecified atom stereocenters. The lowest BCUT2D eigenvalue weighted by Gasteiger charge is -2.41. The standard InChI is InChI=1S/C20H20N2O/c1-15-18(12-7-13-21)22(14-16-8-3-2-4-9-16)19-11-6-5-10-17(19)20(15)23/h2-6,8-11,15,18H,7,12,14H2,1H3/t15-,18+/m0/s1. The Morgan fingerprint density at radius 3 is 2.52 bits per heavy atom. The lowest BCUT2D eigenvalue weighted by Crippen LogP contribution is -2.46. The molecule has 2 aromatic carbocycles. The van der Waals surface area contributed by atoms with Crippen molar-refractivity contribution in [3.63, 3.8) is 0 Å². The van der Waals surface area contributed by atoms with Gasteiger partial charge in [0.1, 0.15) is 0 Å². The fourth-order valence-electron chi connectivity index (χ4n) is 3.40. The lowest BCUT2D eigenvalue weighted by atomic mass is 9.83. The summed E-state index contributed by atoms with van der Waals surface area (Å²) >= 11 is 0. The number of nitrogens with zero attached hydrogens (tertiary/aromatic N) is 2. The van der Waals surface area contributed by atoms with E-state index in [1.54, 1.807) is 0 Å². The predicted molar refractivity (Wildman–Crippen MR) is 91.2 cm³/mol. The summed E-state index contributed by atoms with van der Waals surface area (Å²) in [6.45, 7) is 2.74. The number of Topliss-reactive ketones (excluding diaryl/α,β-unsaturated/α-hetero) is 1. The number of nitriles is 1. The van der Waals surface area contributed by atoms with Gasteiger partial charge < -0.3 is 4.90 Å². The van der Waals surface area contributed by atoms with Crippen LogP contribution in [-0.2, 0) is 6.54 Å². The fraction of sp³-hybridized carbons (Fsp3) is 0.300. The highest BCUT2D eigenvalue weighted by Gasteiger charge is 2.36. The van der Waals surface area contributed by atoms with Crippen molar-refractivity contribution in [1.29, 1.82) is 5.26 Å². The number of hydrogen-bond donors (Lipinski definition) is 0. The average molecular weight is 304 g/mol. The van der Waals surface area contributed by atoms with Crippen LogP contribution in [0.15, 0.2) is 54.6 Å². The van der Waals surface area contributed by atoms with Crippen molar-refractivity contribution >= 4 is 11.5 Å². The topological polar surface area (TPSA) is 44.1 Å². The van der Waals surface area contributed by atoms with Crippen molar-refractivity contribution < 1.29 is 4.79 Å². The van der Waals surface area contributed by atoms with Crippen LogP contribution >= 0.6 is 0 Å². The summed E-state index contributed by atoms with van der Waals surface area (Å²) in [5.74, 6) is 0.0924. The third kappa shape index (κ3) is 2.98. The maximum absolute atomic E-state index is 12.7. The van der Waals surface area contributed by atoms with Gasteiger partial charge in [0, 0.05) is 36.2 Å². The van der Waals surface area contributed by atoms with Gasteiger partial charge in [-0.25, -0.2) is 0 Å². The van der Waals surface area contributed by atoms with Crippen LogP contribution in [0.1, 0.15) is 35.7 Å². The first-order chi connectivity index (χ1) is 11.2. The van der Waals surface area contributed by atoms with Crippen LogP contribution < -0.4 is 4.90 Å². The van der Waals surface area contributed by atoms with Crippen LogP contribution in [0.25, 0.3) is 0 Å². The number of rotatable bonds is 4. The molecule has 0 amide bonds. The molecule has 23 heavy (non-hydrogen) atoms. The number of carbonyl (C=O) groups excluding carboxylic acids is 1. The van der Waals surface area contributed by atoms with E-state index >= 15 is 0 Å². The molecular formula is C20H20N2O. The normalized spacial score (nSPS) is 20.0. The Morgan fingerprint density at radius 2 is 1.78 bits per heavy atom. The highest BCUT2D eigenvalue weighted by atomic mass is 16.1. The highest BCUT2D eigenvalue weighted by molar-refractivity contribution is 6.05. The number of anilines is 1. The molecule has 0 fully saturated rings. The molecule has 0 saturated carbocycles. The van der Waals surface area contributed by atoms with Crippen LogP contribution in [-0.4, -0.2) is 11.8 Å². The zero-order valence-corrected chi connectivity index (χ0v) is 13.3. The quantitative estimate of drug-likeness (QED) is 0.850. The van der Waals surface area contributed by atoms with E-state index in [-0.39, 0.29) is 17.7 Å². The van der Waals surface area contributed by atoms with Crippen LogP contribution in [0.2, 0.25) is 0 Å². The molecule has 2 aromatic rings. The summed E-state index contributed by atoms with van der Waals surface area (Å²) in [7, 11) is 0. The maximum atomic E-state index is 12.7. The van der Waals surface area contributed by atoms with Crippen molar-refractivity contribution in [2.75, 3.05) is 4.90 Å². The Bertz CT molecular complexity index is 733. The molecule has 0 aromatic heterocycles. The minimum atomic E-state index is -0.0954. The second-order valence-electron chi connectivity index (χ2n) is 6.05. The smallest absolute Gasteiger partial charge is 0.169 e. The SMILES string of the molecule is C[C@@H]1C(=O)c2ccccc2N(Cc2ccccc2)[C@@H]1CCC#N. The second-order valence-corrected chi connectivity index (χ2v) is 6.05.